The first-order valence-corrected chi connectivity index (χ1v) is 8.00. The molecule has 0 bridgehead atoms. The Bertz CT molecular complexity index is 849. The van der Waals surface area contributed by atoms with Crippen LogP contribution in [0.5, 0.6) is 17.2 Å². The molecule has 3 N–H and O–H groups in total. The minimum Gasteiger partial charge on any atom is -0.493 e. The molecule has 3 rings (SSSR count). The second-order valence-electron chi connectivity index (χ2n) is 5.82. The Balaban J connectivity index is 2.17. The average molecular weight is 377 g/mol. The lowest BCUT2D eigenvalue weighted by atomic mass is 10.0. The van der Waals surface area contributed by atoms with Crippen molar-refractivity contribution in [3.63, 3.8) is 0 Å². The van der Waals surface area contributed by atoms with Crippen LogP contribution in [0.25, 0.3) is 5.70 Å². The van der Waals surface area contributed by atoms with Crippen LogP contribution in [0.2, 0.25) is 0 Å². The van der Waals surface area contributed by atoms with E-state index in [1.165, 1.54) is 32.4 Å². The van der Waals surface area contributed by atoms with E-state index in [2.05, 4.69) is 10.4 Å². The molecule has 2 atom stereocenters. The van der Waals surface area contributed by atoms with Crippen molar-refractivity contribution in [2.45, 2.75) is 6.17 Å². The van der Waals surface area contributed by atoms with Gasteiger partial charge in [0.05, 0.1) is 27.0 Å². The summed E-state index contributed by atoms with van der Waals surface area (Å²) in [6.45, 7) is 0.114. The SMILES string of the molecule is COc1ccc(C2=CC(C(=O)O)=NC3C(C(=O)O)CNN23)c(OC)c1OC. The first-order valence-electron chi connectivity index (χ1n) is 8.00. The largest absolute Gasteiger partial charge is 0.493 e. The lowest BCUT2D eigenvalue weighted by molar-refractivity contribution is -0.142. The maximum atomic E-state index is 11.5. The first-order chi connectivity index (χ1) is 12.9. The van der Waals surface area contributed by atoms with E-state index in [0.29, 0.717) is 28.5 Å². The van der Waals surface area contributed by atoms with Crippen LogP contribution >= 0.6 is 0 Å². The summed E-state index contributed by atoms with van der Waals surface area (Å²) in [6, 6.07) is 3.34. The number of aliphatic carboxylic acids is 2. The average Bonchev–Trinajstić information content (AvgIpc) is 3.10. The number of aliphatic imine (C=N–C) groups is 1. The van der Waals surface area contributed by atoms with E-state index < -0.39 is 24.0 Å². The molecule has 0 radical (unpaired) electrons. The van der Waals surface area contributed by atoms with Crippen molar-refractivity contribution < 1.29 is 34.0 Å². The Morgan fingerprint density at radius 3 is 2.41 bits per heavy atom. The number of carboxylic acids is 2. The molecule has 1 saturated heterocycles. The van der Waals surface area contributed by atoms with Gasteiger partial charge in [-0.25, -0.2) is 10.2 Å². The van der Waals surface area contributed by atoms with Gasteiger partial charge in [-0.15, -0.1) is 0 Å². The second-order valence-corrected chi connectivity index (χ2v) is 5.82. The molecule has 0 aromatic heterocycles. The van der Waals surface area contributed by atoms with Crippen molar-refractivity contribution in [2.75, 3.05) is 27.9 Å². The molecule has 1 aromatic carbocycles. The third-order valence-corrected chi connectivity index (χ3v) is 4.43. The summed E-state index contributed by atoms with van der Waals surface area (Å²) in [5.41, 5.74) is 3.65. The maximum absolute atomic E-state index is 11.5. The van der Waals surface area contributed by atoms with Gasteiger partial charge < -0.3 is 24.4 Å². The third kappa shape index (κ3) is 3.04. The van der Waals surface area contributed by atoms with Crippen LogP contribution in [0.4, 0.5) is 0 Å². The zero-order valence-electron chi connectivity index (χ0n) is 14.9. The van der Waals surface area contributed by atoms with Gasteiger partial charge in [-0.1, -0.05) is 0 Å². The minimum atomic E-state index is -1.25. The highest BCUT2D eigenvalue weighted by molar-refractivity contribution is 6.42. The summed E-state index contributed by atoms with van der Waals surface area (Å²) in [7, 11) is 4.40. The second kappa shape index (κ2) is 7.16. The van der Waals surface area contributed by atoms with Crippen molar-refractivity contribution in [3.05, 3.63) is 23.8 Å². The molecular weight excluding hydrogens is 358 g/mol. The molecule has 1 aromatic rings. The fourth-order valence-corrected chi connectivity index (χ4v) is 3.17. The Labute approximate surface area is 154 Å². The van der Waals surface area contributed by atoms with Crippen LogP contribution in [0.15, 0.2) is 23.2 Å². The van der Waals surface area contributed by atoms with Gasteiger partial charge in [-0.2, -0.15) is 0 Å². The molecule has 2 aliphatic heterocycles. The first kappa shape index (κ1) is 18.5. The Morgan fingerprint density at radius 2 is 1.85 bits per heavy atom. The van der Waals surface area contributed by atoms with Gasteiger partial charge >= 0.3 is 11.9 Å². The fourth-order valence-electron chi connectivity index (χ4n) is 3.17. The highest BCUT2D eigenvalue weighted by atomic mass is 16.5. The molecule has 0 amide bonds. The van der Waals surface area contributed by atoms with Gasteiger partial charge in [0.15, 0.2) is 17.7 Å². The highest BCUT2D eigenvalue weighted by Crippen LogP contribution is 2.44. The molecule has 1 fully saturated rings. The fraction of sp³-hybridized carbons (Fsp3) is 0.353. The zero-order chi connectivity index (χ0) is 19.7. The van der Waals surface area contributed by atoms with E-state index in [0.717, 1.165) is 0 Å². The summed E-state index contributed by atoms with van der Waals surface area (Å²) in [4.78, 5) is 27.1. The van der Waals surface area contributed by atoms with Crippen molar-refractivity contribution >= 4 is 23.3 Å². The molecule has 2 heterocycles. The summed E-state index contributed by atoms with van der Waals surface area (Å²) in [5, 5.41) is 20.4. The van der Waals surface area contributed by atoms with Crippen LogP contribution in [0.1, 0.15) is 5.56 Å². The van der Waals surface area contributed by atoms with Gasteiger partial charge in [-0.05, 0) is 18.2 Å². The Morgan fingerprint density at radius 1 is 1.15 bits per heavy atom. The van der Waals surface area contributed by atoms with E-state index in [4.69, 9.17) is 14.2 Å². The van der Waals surface area contributed by atoms with Gasteiger partial charge in [-0.3, -0.25) is 14.8 Å². The number of carbonyl (C=O) groups is 2. The van der Waals surface area contributed by atoms with Gasteiger partial charge in [0.1, 0.15) is 11.6 Å². The molecule has 0 aliphatic carbocycles. The normalized spacial score (nSPS) is 21.1. The predicted molar refractivity (Wildman–Crippen MR) is 93.9 cm³/mol. The maximum Gasteiger partial charge on any atom is 0.354 e. The van der Waals surface area contributed by atoms with Crippen LogP contribution in [0.3, 0.4) is 0 Å². The quantitative estimate of drug-likeness (QED) is 0.646. The molecular formula is C17H19N3O7. The summed E-state index contributed by atoms with van der Waals surface area (Å²) >= 11 is 0. The number of hydrazine groups is 1. The summed E-state index contributed by atoms with van der Waals surface area (Å²) in [5.74, 6) is -2.10. The number of benzene rings is 1. The van der Waals surface area contributed by atoms with Crippen molar-refractivity contribution in [3.8, 4) is 17.2 Å². The molecule has 27 heavy (non-hydrogen) atoms. The Hall–Kier alpha value is -3.27. The standard InChI is InChI=1S/C17H19N3O7/c1-25-12-5-4-8(13(26-2)14(12)27-3)11-6-10(17(23)24)19-15-9(16(21)22)7-18-20(11)15/h4-6,9,15,18H,7H2,1-3H3,(H,21,22)(H,23,24). The smallest absolute Gasteiger partial charge is 0.354 e. The number of methoxy groups -OCH3 is 3. The van der Waals surface area contributed by atoms with Gasteiger partial charge in [0, 0.05) is 12.1 Å². The number of rotatable bonds is 6. The summed E-state index contributed by atoms with van der Waals surface area (Å²) in [6.07, 6.45) is 0.464. The minimum absolute atomic E-state index is 0.114. The van der Waals surface area contributed by atoms with Crippen molar-refractivity contribution in [1.29, 1.82) is 0 Å². The lowest BCUT2D eigenvalue weighted by Crippen LogP contribution is -2.41. The van der Waals surface area contributed by atoms with Crippen LogP contribution in [0, 0.1) is 5.92 Å². The number of fused-ring (bicyclic) bond motifs is 1. The van der Waals surface area contributed by atoms with Gasteiger partial charge in [0.2, 0.25) is 5.75 Å². The topological polar surface area (TPSA) is 130 Å². The molecule has 144 valence electrons. The number of hydrogen-bond acceptors (Lipinski definition) is 8. The van der Waals surface area contributed by atoms with Crippen molar-refractivity contribution in [2.24, 2.45) is 10.9 Å². The number of hydrogen-bond donors (Lipinski definition) is 3. The molecule has 0 spiro atoms. The molecule has 10 nitrogen and oxygen atoms in total. The molecule has 10 heteroatoms. The van der Waals surface area contributed by atoms with Gasteiger partial charge in [0.25, 0.3) is 0 Å². The van der Waals surface area contributed by atoms with E-state index >= 15 is 0 Å². The van der Waals surface area contributed by atoms with Crippen LogP contribution in [-0.2, 0) is 9.59 Å². The molecule has 2 aliphatic rings. The molecule has 0 saturated carbocycles. The lowest BCUT2D eigenvalue weighted by Gasteiger charge is -2.31. The van der Waals surface area contributed by atoms with Crippen molar-refractivity contribution in [1.82, 2.24) is 10.4 Å². The number of carboxylic acid groups (broad SMARTS) is 2. The predicted octanol–water partition coefficient (Wildman–Crippen LogP) is 0.440. The Kier molecular flexibility index (Phi) is 4.91. The van der Waals surface area contributed by atoms with E-state index in [1.807, 2.05) is 0 Å². The number of nitrogens with one attached hydrogen (secondary N) is 1. The highest BCUT2D eigenvalue weighted by Gasteiger charge is 2.43. The zero-order valence-corrected chi connectivity index (χ0v) is 14.9. The van der Waals surface area contributed by atoms with E-state index in [1.54, 1.807) is 12.1 Å². The number of ether oxygens (including phenoxy) is 3. The van der Waals surface area contributed by atoms with Crippen LogP contribution < -0.4 is 19.6 Å². The number of nitrogens with zero attached hydrogens (tertiary/aromatic N) is 2. The van der Waals surface area contributed by atoms with E-state index in [-0.39, 0.29) is 12.3 Å². The summed E-state index contributed by atoms with van der Waals surface area (Å²) < 4.78 is 16.1. The third-order valence-electron chi connectivity index (χ3n) is 4.43. The van der Waals surface area contributed by atoms with Crippen LogP contribution in [-0.4, -0.2) is 66.9 Å². The monoisotopic (exact) mass is 377 g/mol. The molecule has 2 unspecified atom stereocenters. The van der Waals surface area contributed by atoms with E-state index in [9.17, 15) is 19.8 Å².